The molecule has 4 aliphatic rings. The number of nitrogens with one attached hydrogen (secondary N) is 2. The van der Waals surface area contributed by atoms with Crippen LogP contribution in [0.4, 0.5) is 20.3 Å². The van der Waals surface area contributed by atoms with Crippen LogP contribution >= 0.6 is 0 Å². The van der Waals surface area contributed by atoms with Gasteiger partial charge >= 0.3 is 5.82 Å². The first-order valence-electron chi connectivity index (χ1n) is 18.5. The van der Waals surface area contributed by atoms with Gasteiger partial charge in [-0.3, -0.25) is 29.3 Å². The van der Waals surface area contributed by atoms with Gasteiger partial charge in [0.05, 0.1) is 41.2 Å². The molecular formula is C39H41F2N8O6+. The van der Waals surface area contributed by atoms with Crippen LogP contribution in [0.25, 0.3) is 16.3 Å². The second-order valence-electron chi connectivity index (χ2n) is 14.4. The van der Waals surface area contributed by atoms with E-state index in [-0.39, 0.29) is 63.7 Å². The molecule has 0 bridgehead atoms. The minimum Gasteiger partial charge on any atom is -0.494 e. The molecule has 2 fully saturated rings. The van der Waals surface area contributed by atoms with Crippen molar-refractivity contribution >= 4 is 58.0 Å². The van der Waals surface area contributed by atoms with Crippen molar-refractivity contribution in [3.8, 4) is 11.8 Å². The molecule has 0 saturated carbocycles. The zero-order chi connectivity index (χ0) is 38.5. The summed E-state index contributed by atoms with van der Waals surface area (Å²) in [5.41, 5.74) is 3.01. The van der Waals surface area contributed by atoms with Crippen LogP contribution in [0.2, 0.25) is 0 Å². The number of aromatic hydroxyl groups is 2. The number of rotatable bonds is 7. The van der Waals surface area contributed by atoms with Crippen LogP contribution < -0.4 is 20.5 Å². The van der Waals surface area contributed by atoms with E-state index in [0.29, 0.717) is 62.6 Å². The number of aromatic nitrogens is 3. The van der Waals surface area contributed by atoms with Crippen LogP contribution in [0.15, 0.2) is 35.3 Å². The van der Waals surface area contributed by atoms with E-state index in [1.54, 1.807) is 24.0 Å². The Bertz CT molecular complexity index is 2430. The highest BCUT2D eigenvalue weighted by molar-refractivity contribution is 6.27. The van der Waals surface area contributed by atoms with Gasteiger partial charge in [-0.05, 0) is 73.2 Å². The van der Waals surface area contributed by atoms with E-state index in [9.17, 15) is 33.4 Å². The number of amides is 3. The number of piperidine rings is 1. The number of alkyl halides is 2. The molecule has 2 aromatic carbocycles. The van der Waals surface area contributed by atoms with Gasteiger partial charge in [0.2, 0.25) is 29.5 Å². The summed E-state index contributed by atoms with van der Waals surface area (Å²) in [5, 5.41) is 38.7. The number of aliphatic imine (C=N–C) groups is 1. The average molecular weight is 756 g/mol. The number of imide groups is 1. The molecule has 1 unspecified atom stereocenters. The van der Waals surface area contributed by atoms with Gasteiger partial charge in [0.1, 0.15) is 11.4 Å². The molecule has 0 radical (unpaired) electrons. The van der Waals surface area contributed by atoms with E-state index in [2.05, 4.69) is 15.0 Å². The van der Waals surface area contributed by atoms with Crippen molar-refractivity contribution < 1.29 is 38.1 Å². The predicted molar refractivity (Wildman–Crippen MR) is 198 cm³/mol. The first-order valence-corrected chi connectivity index (χ1v) is 18.5. The van der Waals surface area contributed by atoms with E-state index < -0.39 is 24.3 Å². The average Bonchev–Trinajstić information content (AvgIpc) is 3.68. The topological polar surface area (TPSA) is 178 Å². The van der Waals surface area contributed by atoms with E-state index in [0.717, 1.165) is 46.9 Å². The number of aryl methyl sites for hydroxylation is 1. The molecule has 286 valence electrons. The number of benzene rings is 2. The molecular weight excluding hydrogens is 714 g/mol. The monoisotopic (exact) mass is 755 g/mol. The Morgan fingerprint density at radius 2 is 1.87 bits per heavy atom. The molecule has 3 amide bonds. The highest BCUT2D eigenvalue weighted by atomic mass is 19.3. The van der Waals surface area contributed by atoms with Crippen LogP contribution in [0.5, 0.6) is 11.8 Å². The number of carbonyl (C=O) groups is 3. The zero-order valence-electron chi connectivity index (χ0n) is 30.2. The lowest BCUT2D eigenvalue weighted by atomic mass is 9.98. The number of hydrogen-bond donors (Lipinski definition) is 4. The number of ether oxygens (including phenoxy) is 1. The van der Waals surface area contributed by atoms with Crippen molar-refractivity contribution in [1.82, 2.24) is 29.1 Å². The van der Waals surface area contributed by atoms with Gasteiger partial charge in [0.25, 0.3) is 6.43 Å². The Hall–Kier alpha value is -5.77. The van der Waals surface area contributed by atoms with Crippen LogP contribution in [0, 0.1) is 5.41 Å². The fourth-order valence-electron chi connectivity index (χ4n) is 8.35. The summed E-state index contributed by atoms with van der Waals surface area (Å²) in [6.07, 6.45) is 3.20. The normalized spacial score (nSPS) is 19.9. The number of nitrogens with zero attached hydrogens (tertiary/aromatic N) is 6. The molecule has 4 N–H and O–H groups in total. The van der Waals surface area contributed by atoms with Crippen LogP contribution in [0.3, 0.4) is 0 Å². The number of halogens is 2. The van der Waals surface area contributed by atoms with Gasteiger partial charge in [-0.15, -0.1) is 0 Å². The Kier molecular flexibility index (Phi) is 9.53. The second-order valence-corrected chi connectivity index (χ2v) is 14.4. The molecule has 14 nitrogen and oxygen atoms in total. The van der Waals surface area contributed by atoms with Crippen molar-refractivity contribution in [2.24, 2.45) is 4.99 Å². The standard InChI is InChI=1S/C39H40F2N8O6/c1-21(50)46-12-8-31-30(20-46)36(45-49(31)25-9-13-55-14-10-25)47-11-2-3-22-15-27(28(35(40)41)17-33(22)47)23(18-42)19-43-24-4-5-26-29(16-24)39(54)48(38(26)53)32-6-7-34(51)44-37(32)52/h4-5,15-19,25,32,35H,2-3,6-14,20H2,1H3,(H3,42,43,44,51,52,53)/p+1. The maximum Gasteiger partial charge on any atom is 0.355 e. The Balaban J connectivity index is 1.21. The highest BCUT2D eigenvalue weighted by Crippen LogP contribution is 2.42. The third-order valence-corrected chi connectivity index (χ3v) is 11.2. The van der Waals surface area contributed by atoms with Gasteiger partial charge in [-0.2, -0.15) is 4.68 Å². The Morgan fingerprint density at radius 1 is 1.09 bits per heavy atom. The lowest BCUT2D eigenvalue weighted by Gasteiger charge is -2.27. The molecule has 16 heteroatoms. The summed E-state index contributed by atoms with van der Waals surface area (Å²) < 4.78 is 40.7. The maximum absolute atomic E-state index is 15.0. The highest BCUT2D eigenvalue weighted by Gasteiger charge is 2.37. The van der Waals surface area contributed by atoms with Gasteiger partial charge in [0, 0.05) is 73.9 Å². The fraction of sp³-hybridized carbons (Fsp3) is 0.410. The van der Waals surface area contributed by atoms with Crippen molar-refractivity contribution in [1.29, 1.82) is 5.41 Å². The molecule has 0 spiro atoms. The van der Waals surface area contributed by atoms with Crippen LogP contribution in [-0.4, -0.2) is 85.9 Å². The van der Waals surface area contributed by atoms with Gasteiger partial charge in [-0.25, -0.2) is 13.4 Å². The summed E-state index contributed by atoms with van der Waals surface area (Å²) >= 11 is 0. The molecule has 2 aromatic heterocycles. The lowest BCUT2D eigenvalue weighted by molar-refractivity contribution is -0.136. The summed E-state index contributed by atoms with van der Waals surface area (Å²) in [7, 11) is 0. The van der Waals surface area contributed by atoms with Crippen LogP contribution in [-0.2, 0) is 38.5 Å². The maximum atomic E-state index is 15.0. The third-order valence-electron chi connectivity index (χ3n) is 11.2. The SMILES string of the molecule is CC(=O)N1CCc2c(c([N+]3=c4cc(C(F)F)/c(=C(/C=N)C=Nc5ccc6c(O)n(C7CCC(=O)NC7=O)c(O)c6c5)cc4CCC3)nn2C2CCOCC2)C1. The largest absolute Gasteiger partial charge is 0.494 e. The Labute approximate surface area is 313 Å². The molecule has 6 heterocycles. The van der Waals surface area contributed by atoms with E-state index in [1.807, 2.05) is 4.58 Å². The van der Waals surface area contributed by atoms with Crippen molar-refractivity contribution in [3.05, 3.63) is 63.3 Å². The Morgan fingerprint density at radius 3 is 2.60 bits per heavy atom. The van der Waals surface area contributed by atoms with E-state index in [4.69, 9.17) is 15.2 Å². The minimum absolute atomic E-state index is 0.0315. The van der Waals surface area contributed by atoms with E-state index in [1.165, 1.54) is 24.4 Å². The van der Waals surface area contributed by atoms with Crippen molar-refractivity contribution in [2.75, 3.05) is 26.3 Å². The molecule has 0 aliphatic carbocycles. The molecule has 2 saturated heterocycles. The minimum atomic E-state index is -2.88. The molecule has 4 aliphatic heterocycles. The number of carbonyl (C=O) groups excluding carboxylic acids is 3. The van der Waals surface area contributed by atoms with Crippen molar-refractivity contribution in [3.63, 3.8) is 0 Å². The van der Waals surface area contributed by atoms with Gasteiger partial charge in [-0.1, -0.05) is 0 Å². The van der Waals surface area contributed by atoms with Crippen LogP contribution in [0.1, 0.15) is 79.9 Å². The number of fused-ring (bicyclic) bond motifs is 3. The van der Waals surface area contributed by atoms with Crippen molar-refractivity contribution in [2.45, 2.75) is 76.9 Å². The van der Waals surface area contributed by atoms with E-state index >= 15 is 0 Å². The fourth-order valence-corrected chi connectivity index (χ4v) is 8.35. The third kappa shape index (κ3) is 6.47. The smallest absolute Gasteiger partial charge is 0.355 e. The predicted octanol–water partition coefficient (Wildman–Crippen LogP) is 3.39. The molecule has 55 heavy (non-hydrogen) atoms. The quantitative estimate of drug-likeness (QED) is 0.127. The second kappa shape index (κ2) is 14.5. The first-order chi connectivity index (χ1) is 26.5. The first kappa shape index (κ1) is 36.2. The van der Waals surface area contributed by atoms with Gasteiger partial charge < -0.3 is 25.3 Å². The zero-order valence-corrected chi connectivity index (χ0v) is 30.2. The summed E-state index contributed by atoms with van der Waals surface area (Å²) in [4.78, 5) is 42.9. The summed E-state index contributed by atoms with van der Waals surface area (Å²) in [6.45, 7) is 4.36. The molecule has 8 rings (SSSR count). The van der Waals surface area contributed by atoms with Gasteiger partial charge in [0.15, 0.2) is 0 Å². The molecule has 4 aromatic rings. The molecule has 1 atom stereocenters. The lowest BCUT2D eigenvalue weighted by Crippen LogP contribution is -2.41. The summed E-state index contributed by atoms with van der Waals surface area (Å²) in [6, 6.07) is 6.89. The number of hydrogen-bond acceptors (Lipinski definition) is 9. The summed E-state index contributed by atoms with van der Waals surface area (Å²) in [5.74, 6) is -1.16.